The van der Waals surface area contributed by atoms with Crippen molar-refractivity contribution in [2.75, 3.05) is 0 Å². The van der Waals surface area contributed by atoms with Crippen LogP contribution in [0.15, 0.2) is 49.1 Å². The Hall–Kier alpha value is -2.62. The van der Waals surface area contributed by atoms with E-state index in [-0.39, 0.29) is 0 Å². The third-order valence-corrected chi connectivity index (χ3v) is 3.33. The number of aryl methyl sites for hydroxylation is 2. The number of aromatic amines is 2. The van der Waals surface area contributed by atoms with Crippen LogP contribution in [0.25, 0.3) is 22.1 Å². The summed E-state index contributed by atoms with van der Waals surface area (Å²) >= 11 is 0. The molecule has 0 fully saturated rings. The van der Waals surface area contributed by atoms with Gasteiger partial charge in [0.25, 0.3) is 0 Å². The summed E-state index contributed by atoms with van der Waals surface area (Å²) in [4.78, 5) is 14.4. The lowest BCUT2D eigenvalue weighted by Crippen LogP contribution is -1.77. The largest absolute Gasteiger partial charge is 0.346 e. The van der Waals surface area contributed by atoms with Crippen LogP contribution in [0.4, 0.5) is 0 Å². The van der Waals surface area contributed by atoms with Crippen molar-refractivity contribution in [2.45, 2.75) is 41.5 Å². The second kappa shape index (κ2) is 10.2. The average Bonchev–Trinajstić information content (AvgIpc) is 3.29. The molecule has 4 aromatic rings. The monoisotopic (exact) mass is 324 g/mol. The highest BCUT2D eigenvalue weighted by atomic mass is 14.9. The Balaban J connectivity index is 0.000000199. The third-order valence-electron chi connectivity index (χ3n) is 3.33. The summed E-state index contributed by atoms with van der Waals surface area (Å²) < 4.78 is 0. The van der Waals surface area contributed by atoms with Crippen molar-refractivity contribution in [3.8, 4) is 0 Å². The molecule has 1 aromatic carbocycles. The molecule has 24 heavy (non-hydrogen) atoms. The molecule has 128 valence electrons. The van der Waals surface area contributed by atoms with Crippen molar-refractivity contribution in [1.29, 1.82) is 0 Å². The number of benzene rings is 1. The maximum atomic E-state index is 4.16. The molecule has 0 saturated carbocycles. The minimum atomic E-state index is 0.972. The van der Waals surface area contributed by atoms with E-state index in [4.69, 9.17) is 0 Å². The first-order valence-electron chi connectivity index (χ1n) is 8.53. The summed E-state index contributed by atoms with van der Waals surface area (Å²) in [6.07, 6.45) is 5.44. The number of fused-ring (bicyclic) bond motifs is 2. The number of H-pyrrole nitrogens is 2. The molecule has 4 rings (SSSR count). The highest BCUT2D eigenvalue weighted by Gasteiger charge is 1.96. The highest BCUT2D eigenvalue weighted by molar-refractivity contribution is 5.78. The van der Waals surface area contributed by atoms with Crippen molar-refractivity contribution < 1.29 is 0 Å². The Labute approximate surface area is 144 Å². The van der Waals surface area contributed by atoms with Gasteiger partial charge in [0.1, 0.15) is 5.65 Å². The minimum Gasteiger partial charge on any atom is -0.346 e. The molecule has 2 N–H and O–H groups in total. The number of nitrogens with zero attached hydrogens (tertiary/aromatic N) is 2. The predicted octanol–water partition coefficient (Wildman–Crippen LogP) is 5.80. The zero-order chi connectivity index (χ0) is 17.9. The zero-order valence-electron chi connectivity index (χ0n) is 15.5. The summed E-state index contributed by atoms with van der Waals surface area (Å²) in [5.74, 6) is 0. The summed E-state index contributed by atoms with van der Waals surface area (Å²) in [7, 11) is 0. The van der Waals surface area contributed by atoms with Gasteiger partial charge in [-0.1, -0.05) is 39.8 Å². The van der Waals surface area contributed by atoms with Crippen molar-refractivity contribution in [3.63, 3.8) is 0 Å². The van der Waals surface area contributed by atoms with E-state index in [1.165, 1.54) is 16.5 Å². The normalized spacial score (nSPS) is 9.25. The lowest BCUT2D eigenvalue weighted by atomic mass is 10.2. The summed E-state index contributed by atoms with van der Waals surface area (Å²) in [5, 5.41) is 1.21. The molecule has 0 bridgehead atoms. The van der Waals surface area contributed by atoms with E-state index < -0.39 is 0 Å². The number of imidazole rings is 1. The number of hydrogen-bond donors (Lipinski definition) is 2. The standard InChI is InChI=1S/2C8H8N2.2C2H6/c1-6-2-4-9-8-7(6)3-5-10-8;1-6-3-2-4-7-8(6)10-5-9-7;2*1-2/h2*2-5H,1H3,(H,9,10);2*1-2H3. The van der Waals surface area contributed by atoms with E-state index in [9.17, 15) is 0 Å². The van der Waals surface area contributed by atoms with Crippen LogP contribution in [0.3, 0.4) is 0 Å². The number of hydrogen-bond acceptors (Lipinski definition) is 2. The fourth-order valence-corrected chi connectivity index (χ4v) is 2.21. The molecule has 4 heteroatoms. The van der Waals surface area contributed by atoms with Gasteiger partial charge < -0.3 is 9.97 Å². The van der Waals surface area contributed by atoms with Gasteiger partial charge in [-0.2, -0.15) is 0 Å². The van der Waals surface area contributed by atoms with Crippen LogP contribution < -0.4 is 0 Å². The lowest BCUT2D eigenvalue weighted by molar-refractivity contribution is 1.31. The van der Waals surface area contributed by atoms with E-state index in [0.717, 1.165) is 16.7 Å². The average molecular weight is 324 g/mol. The third kappa shape index (κ3) is 4.69. The molecule has 3 aromatic heterocycles. The molecule has 0 aliphatic rings. The molecule has 0 aliphatic carbocycles. The van der Waals surface area contributed by atoms with Crippen LogP contribution in [0.1, 0.15) is 38.8 Å². The molecule has 4 nitrogen and oxygen atoms in total. The van der Waals surface area contributed by atoms with Gasteiger partial charge in [-0.05, 0) is 43.2 Å². The summed E-state index contributed by atoms with van der Waals surface area (Å²) in [6, 6.07) is 10.2. The van der Waals surface area contributed by atoms with Crippen LogP contribution in [-0.2, 0) is 0 Å². The van der Waals surface area contributed by atoms with Gasteiger partial charge in [0.15, 0.2) is 0 Å². The van der Waals surface area contributed by atoms with Crippen molar-refractivity contribution in [3.05, 3.63) is 60.2 Å². The lowest BCUT2D eigenvalue weighted by Gasteiger charge is -1.91. The fraction of sp³-hybridized carbons (Fsp3) is 0.300. The molecule has 0 aliphatic heterocycles. The minimum absolute atomic E-state index is 0.972. The molecule has 0 spiro atoms. The first kappa shape index (κ1) is 19.4. The maximum Gasteiger partial charge on any atom is 0.137 e. The first-order chi connectivity index (χ1) is 11.8. The zero-order valence-corrected chi connectivity index (χ0v) is 15.5. The van der Waals surface area contributed by atoms with E-state index >= 15 is 0 Å². The summed E-state index contributed by atoms with van der Waals surface area (Å²) in [6.45, 7) is 12.1. The second-order valence-electron chi connectivity index (χ2n) is 4.74. The molecule has 0 saturated heterocycles. The molecule has 0 radical (unpaired) electrons. The van der Waals surface area contributed by atoms with Gasteiger partial charge in [-0.25, -0.2) is 9.97 Å². The van der Waals surface area contributed by atoms with Crippen molar-refractivity contribution >= 4 is 22.1 Å². The van der Waals surface area contributed by atoms with E-state index in [2.05, 4.69) is 39.8 Å². The van der Waals surface area contributed by atoms with Gasteiger partial charge in [0.2, 0.25) is 0 Å². The Morgan fingerprint density at radius 1 is 0.792 bits per heavy atom. The molecule has 0 atom stereocenters. The SMILES string of the molecule is CC.CC.Cc1cccc2[nH]cnc12.Cc1ccnc2[nH]ccc12. The summed E-state index contributed by atoms with van der Waals surface area (Å²) in [5.41, 5.74) is 5.65. The van der Waals surface area contributed by atoms with Gasteiger partial charge in [-0.3, -0.25) is 0 Å². The Kier molecular flexibility index (Phi) is 8.26. The predicted molar refractivity (Wildman–Crippen MR) is 104 cm³/mol. The molecular weight excluding hydrogens is 296 g/mol. The highest BCUT2D eigenvalue weighted by Crippen LogP contribution is 2.13. The van der Waals surface area contributed by atoms with Gasteiger partial charge in [-0.15, -0.1) is 0 Å². The number of nitrogens with one attached hydrogen (secondary N) is 2. The first-order valence-corrected chi connectivity index (χ1v) is 8.53. The van der Waals surface area contributed by atoms with Gasteiger partial charge in [0, 0.05) is 17.8 Å². The Morgan fingerprint density at radius 3 is 2.21 bits per heavy atom. The Morgan fingerprint density at radius 2 is 1.54 bits per heavy atom. The van der Waals surface area contributed by atoms with E-state index in [1.807, 2.05) is 64.4 Å². The number of pyridine rings is 1. The van der Waals surface area contributed by atoms with Gasteiger partial charge in [0.05, 0.1) is 17.4 Å². The van der Waals surface area contributed by atoms with Crippen molar-refractivity contribution in [2.24, 2.45) is 0 Å². The Bertz CT molecular complexity index is 771. The van der Waals surface area contributed by atoms with Crippen LogP contribution in [0, 0.1) is 13.8 Å². The van der Waals surface area contributed by atoms with Gasteiger partial charge >= 0.3 is 0 Å². The molecular formula is C20H28N4. The maximum absolute atomic E-state index is 4.16. The van der Waals surface area contributed by atoms with Crippen LogP contribution in [-0.4, -0.2) is 19.9 Å². The number of para-hydroxylation sites is 1. The molecule has 3 heterocycles. The topological polar surface area (TPSA) is 57.4 Å². The van der Waals surface area contributed by atoms with Crippen LogP contribution >= 0.6 is 0 Å². The van der Waals surface area contributed by atoms with Crippen LogP contribution in [0.5, 0.6) is 0 Å². The van der Waals surface area contributed by atoms with Crippen LogP contribution in [0.2, 0.25) is 0 Å². The quantitative estimate of drug-likeness (QED) is 0.430. The fourth-order valence-electron chi connectivity index (χ4n) is 2.21. The number of aromatic nitrogens is 4. The molecule has 0 unspecified atom stereocenters. The van der Waals surface area contributed by atoms with E-state index in [0.29, 0.717) is 0 Å². The second-order valence-corrected chi connectivity index (χ2v) is 4.74. The number of rotatable bonds is 0. The smallest absolute Gasteiger partial charge is 0.137 e. The van der Waals surface area contributed by atoms with E-state index in [1.54, 1.807) is 6.33 Å². The van der Waals surface area contributed by atoms with Crippen molar-refractivity contribution in [1.82, 2.24) is 19.9 Å². The molecule has 0 amide bonds.